The van der Waals surface area contributed by atoms with E-state index in [0.717, 1.165) is 0 Å². The van der Waals surface area contributed by atoms with E-state index in [4.69, 9.17) is 0 Å². The lowest BCUT2D eigenvalue weighted by Gasteiger charge is -2.07. The summed E-state index contributed by atoms with van der Waals surface area (Å²) in [4.78, 5) is 27.9. The number of fused-ring (bicyclic) bond motifs is 1. The molecule has 0 atom stereocenters. The number of hydrogen-bond acceptors (Lipinski definition) is 4. The standard InChI is InChI=1S/C14H14N4O3/c1-4-17-13-7-10(18(20)21-3)5-6-11(13)12(8-15)14(17)16-9(2)19/h5-7H,4H2,1-3H3/p+1. The first-order chi connectivity index (χ1) is 10.0. The molecular formula is C14H15N4O3+. The molecule has 0 fully saturated rings. The molecule has 1 amide bonds. The number of benzene rings is 1. The molecule has 2 aromatic rings. The van der Waals surface area contributed by atoms with Crippen molar-refractivity contribution in [3.63, 3.8) is 0 Å². The fourth-order valence-electron chi connectivity index (χ4n) is 2.30. The molecule has 0 aliphatic carbocycles. The van der Waals surface area contributed by atoms with Crippen LogP contribution >= 0.6 is 0 Å². The normalized spacial score (nSPS) is 10.2. The van der Waals surface area contributed by atoms with Crippen LogP contribution in [0.25, 0.3) is 10.9 Å². The van der Waals surface area contributed by atoms with Crippen molar-refractivity contribution in [2.24, 2.45) is 0 Å². The predicted molar refractivity (Wildman–Crippen MR) is 76.9 cm³/mol. The molecule has 2 rings (SSSR count). The van der Waals surface area contributed by atoms with Gasteiger partial charge in [0.15, 0.2) is 7.11 Å². The molecule has 1 heterocycles. The highest BCUT2D eigenvalue weighted by molar-refractivity contribution is 5.99. The minimum absolute atomic E-state index is 0.258. The summed E-state index contributed by atoms with van der Waals surface area (Å²) in [6.07, 6.45) is 0. The minimum atomic E-state index is -0.258. The average Bonchev–Trinajstić information content (AvgIpc) is 2.76. The van der Waals surface area contributed by atoms with Gasteiger partial charge in [-0.05, 0) is 13.0 Å². The Bertz CT molecular complexity index is 771. The van der Waals surface area contributed by atoms with Crippen molar-refractivity contribution >= 4 is 28.3 Å². The Balaban J connectivity index is 2.76. The number of aromatic nitrogens is 1. The summed E-state index contributed by atoms with van der Waals surface area (Å²) >= 11 is 0. The third-order valence-electron chi connectivity index (χ3n) is 3.15. The van der Waals surface area contributed by atoms with Gasteiger partial charge in [0.1, 0.15) is 17.5 Å². The molecule has 0 saturated heterocycles. The number of nitrogens with one attached hydrogen (secondary N) is 1. The van der Waals surface area contributed by atoms with Gasteiger partial charge in [0, 0.05) is 31.0 Å². The van der Waals surface area contributed by atoms with E-state index in [1.165, 1.54) is 14.0 Å². The smallest absolute Gasteiger partial charge is 0.318 e. The molecule has 7 nitrogen and oxygen atoms in total. The number of nitriles is 1. The summed E-state index contributed by atoms with van der Waals surface area (Å²) in [5, 5.41) is 12.7. The van der Waals surface area contributed by atoms with Crippen molar-refractivity contribution in [2.75, 3.05) is 12.4 Å². The summed E-state index contributed by atoms with van der Waals surface area (Å²) in [5.74, 6) is 0.182. The Morgan fingerprint density at radius 3 is 2.76 bits per heavy atom. The van der Waals surface area contributed by atoms with Crippen molar-refractivity contribution in [2.45, 2.75) is 20.4 Å². The Labute approximate surface area is 121 Å². The van der Waals surface area contributed by atoms with Gasteiger partial charge in [-0.3, -0.25) is 4.79 Å². The lowest BCUT2D eigenvalue weighted by Crippen LogP contribution is -2.11. The molecule has 21 heavy (non-hydrogen) atoms. The lowest BCUT2D eigenvalue weighted by atomic mass is 10.1. The van der Waals surface area contributed by atoms with E-state index < -0.39 is 0 Å². The van der Waals surface area contributed by atoms with Crippen molar-refractivity contribution in [3.05, 3.63) is 28.7 Å². The van der Waals surface area contributed by atoms with E-state index in [1.807, 2.05) is 6.92 Å². The number of rotatable bonds is 4. The highest BCUT2D eigenvalue weighted by Gasteiger charge is 2.22. The van der Waals surface area contributed by atoms with E-state index >= 15 is 0 Å². The molecule has 0 spiro atoms. The number of aryl methyl sites for hydroxylation is 1. The summed E-state index contributed by atoms with van der Waals surface area (Å²) in [7, 11) is 1.28. The molecule has 7 heteroatoms. The van der Waals surface area contributed by atoms with Gasteiger partial charge in [-0.2, -0.15) is 5.26 Å². The first-order valence-electron chi connectivity index (χ1n) is 6.38. The first kappa shape index (κ1) is 14.5. The summed E-state index contributed by atoms with van der Waals surface area (Å²) < 4.78 is 1.78. The van der Waals surface area contributed by atoms with Crippen LogP contribution in [0.4, 0.5) is 11.5 Å². The molecule has 0 bridgehead atoms. The highest BCUT2D eigenvalue weighted by Crippen LogP contribution is 2.32. The third kappa shape index (κ3) is 2.43. The fourth-order valence-corrected chi connectivity index (χ4v) is 2.30. The SMILES string of the molecule is CCn1c(NC(C)=O)c(C#N)c2ccc([N+](=O)OC)cc21. The van der Waals surface area contributed by atoms with E-state index in [0.29, 0.717) is 39.4 Å². The monoisotopic (exact) mass is 287 g/mol. The van der Waals surface area contributed by atoms with Crippen LogP contribution in [0.5, 0.6) is 0 Å². The highest BCUT2D eigenvalue weighted by atomic mass is 16.8. The number of amides is 1. The summed E-state index contributed by atoms with van der Waals surface area (Å²) in [5.41, 5.74) is 1.38. The zero-order chi connectivity index (χ0) is 15.6. The van der Waals surface area contributed by atoms with E-state index in [-0.39, 0.29) is 5.91 Å². The van der Waals surface area contributed by atoms with E-state index in [1.54, 1.807) is 22.8 Å². The Morgan fingerprint density at radius 2 is 2.24 bits per heavy atom. The second-order valence-corrected chi connectivity index (χ2v) is 4.40. The van der Waals surface area contributed by atoms with Gasteiger partial charge in [0.05, 0.1) is 10.4 Å². The quantitative estimate of drug-likeness (QED) is 0.875. The van der Waals surface area contributed by atoms with Crippen molar-refractivity contribution in [3.8, 4) is 6.07 Å². The van der Waals surface area contributed by atoms with Gasteiger partial charge in [0.25, 0.3) is 4.92 Å². The van der Waals surface area contributed by atoms with E-state index in [9.17, 15) is 15.0 Å². The Hall–Kier alpha value is -2.88. The van der Waals surface area contributed by atoms with Crippen LogP contribution in [0.1, 0.15) is 19.4 Å². The van der Waals surface area contributed by atoms with Gasteiger partial charge in [-0.15, -0.1) is 0 Å². The molecule has 0 aliphatic heterocycles. The van der Waals surface area contributed by atoms with Crippen LogP contribution in [-0.4, -0.2) is 22.5 Å². The van der Waals surface area contributed by atoms with Gasteiger partial charge < -0.3 is 9.88 Å². The number of carbonyl (C=O) groups excluding carboxylic acids is 1. The van der Waals surface area contributed by atoms with Crippen LogP contribution < -0.4 is 5.32 Å². The van der Waals surface area contributed by atoms with Crippen LogP contribution in [0.3, 0.4) is 0 Å². The maximum atomic E-state index is 11.5. The first-order valence-corrected chi connectivity index (χ1v) is 6.38. The van der Waals surface area contributed by atoms with Crippen LogP contribution in [0.15, 0.2) is 18.2 Å². The molecule has 108 valence electrons. The summed E-state index contributed by atoms with van der Waals surface area (Å²) in [6.45, 7) is 3.82. The van der Waals surface area contributed by atoms with E-state index in [2.05, 4.69) is 16.2 Å². The zero-order valence-electron chi connectivity index (χ0n) is 12.0. The largest absolute Gasteiger partial charge is 0.326 e. The third-order valence-corrected chi connectivity index (χ3v) is 3.15. The predicted octanol–water partition coefficient (Wildman–Crippen LogP) is 2.46. The van der Waals surface area contributed by atoms with Gasteiger partial charge in [-0.1, -0.05) is 0 Å². The summed E-state index contributed by atoms with van der Waals surface area (Å²) in [6, 6.07) is 6.97. The van der Waals surface area contributed by atoms with Crippen LogP contribution in [0, 0.1) is 16.2 Å². The fraction of sp³-hybridized carbons (Fsp3) is 0.286. The number of nitrogens with zero attached hydrogens (tertiary/aromatic N) is 3. The number of hydrogen-bond donors (Lipinski definition) is 1. The van der Waals surface area contributed by atoms with Crippen molar-refractivity contribution in [1.29, 1.82) is 5.26 Å². The molecule has 0 unspecified atom stereocenters. The molecule has 1 N–H and O–H groups in total. The van der Waals surface area contributed by atoms with Gasteiger partial charge in [0.2, 0.25) is 5.91 Å². The topological polar surface area (TPSA) is 87.1 Å². The molecule has 0 aliphatic rings. The maximum absolute atomic E-state index is 11.5. The Kier molecular flexibility index (Phi) is 3.89. The zero-order valence-corrected chi connectivity index (χ0v) is 12.0. The molecule has 1 aromatic carbocycles. The second kappa shape index (κ2) is 5.63. The molecule has 1 aromatic heterocycles. The van der Waals surface area contributed by atoms with Crippen LogP contribution in [-0.2, 0) is 16.2 Å². The molecule has 0 radical (unpaired) electrons. The van der Waals surface area contributed by atoms with Crippen molar-refractivity contribution in [1.82, 2.24) is 4.57 Å². The maximum Gasteiger partial charge on any atom is 0.318 e. The number of anilines is 1. The molecular weight excluding hydrogens is 272 g/mol. The lowest BCUT2D eigenvalue weighted by molar-refractivity contribution is -0.736. The van der Waals surface area contributed by atoms with Gasteiger partial charge >= 0.3 is 5.69 Å². The minimum Gasteiger partial charge on any atom is -0.326 e. The van der Waals surface area contributed by atoms with Gasteiger partial charge in [-0.25, -0.2) is 4.84 Å². The molecule has 0 saturated carbocycles. The van der Waals surface area contributed by atoms with Crippen LogP contribution in [0.2, 0.25) is 0 Å². The average molecular weight is 287 g/mol. The second-order valence-electron chi connectivity index (χ2n) is 4.40. The number of carbonyl (C=O) groups is 1. The Morgan fingerprint density at radius 1 is 1.52 bits per heavy atom. The van der Waals surface area contributed by atoms with Crippen molar-refractivity contribution < 1.29 is 14.6 Å².